The molecule has 120 valence electrons. The first-order valence-corrected chi connectivity index (χ1v) is 7.48. The summed E-state index contributed by atoms with van der Waals surface area (Å²) in [6, 6.07) is 5.65. The third-order valence-electron chi connectivity index (χ3n) is 3.63. The Bertz CT molecular complexity index is 513. The van der Waals surface area contributed by atoms with Crippen LogP contribution in [-0.4, -0.2) is 37.6 Å². The van der Waals surface area contributed by atoms with Crippen LogP contribution in [0.1, 0.15) is 26.2 Å². The van der Waals surface area contributed by atoms with E-state index in [4.69, 9.17) is 4.74 Å². The lowest BCUT2D eigenvalue weighted by atomic mass is 10.2. The van der Waals surface area contributed by atoms with Crippen molar-refractivity contribution in [1.82, 2.24) is 5.32 Å². The molecule has 1 aromatic carbocycles. The van der Waals surface area contributed by atoms with Gasteiger partial charge in [0.15, 0.2) is 0 Å². The van der Waals surface area contributed by atoms with Crippen molar-refractivity contribution in [3.8, 4) is 0 Å². The van der Waals surface area contributed by atoms with E-state index in [1.165, 1.54) is 36.1 Å². The predicted molar refractivity (Wildman–Crippen MR) is 81.0 cm³/mol. The molecule has 0 saturated carbocycles. The van der Waals surface area contributed by atoms with Gasteiger partial charge in [0.25, 0.3) is 0 Å². The summed E-state index contributed by atoms with van der Waals surface area (Å²) in [6.45, 7) is 2.95. The van der Waals surface area contributed by atoms with Crippen molar-refractivity contribution in [2.45, 2.75) is 32.3 Å². The van der Waals surface area contributed by atoms with Crippen molar-refractivity contribution in [3.05, 3.63) is 30.1 Å². The molecule has 1 saturated heterocycles. The molecule has 6 heteroatoms. The van der Waals surface area contributed by atoms with Gasteiger partial charge in [-0.25, -0.2) is 4.39 Å². The summed E-state index contributed by atoms with van der Waals surface area (Å²) in [6.07, 6.45) is 2.30. The first-order chi connectivity index (χ1) is 10.6. The molecule has 1 fully saturated rings. The molecule has 1 N–H and O–H groups in total. The zero-order valence-electron chi connectivity index (χ0n) is 12.7. The molecule has 2 amide bonds. The van der Waals surface area contributed by atoms with E-state index in [2.05, 4.69) is 5.32 Å². The highest BCUT2D eigenvalue weighted by molar-refractivity contribution is 5.92. The Morgan fingerprint density at radius 3 is 2.68 bits per heavy atom. The second kappa shape index (κ2) is 7.89. The van der Waals surface area contributed by atoms with Crippen molar-refractivity contribution in [2.24, 2.45) is 0 Å². The first kappa shape index (κ1) is 16.4. The van der Waals surface area contributed by atoms with Gasteiger partial charge in [0.2, 0.25) is 11.8 Å². The van der Waals surface area contributed by atoms with Crippen LogP contribution in [-0.2, 0) is 14.3 Å². The molecule has 5 nitrogen and oxygen atoms in total. The molecule has 0 aliphatic carbocycles. The Labute approximate surface area is 129 Å². The van der Waals surface area contributed by atoms with Crippen LogP contribution in [0, 0.1) is 5.82 Å². The maximum Gasteiger partial charge on any atom is 0.223 e. The molecular weight excluding hydrogens is 287 g/mol. The van der Waals surface area contributed by atoms with Crippen molar-refractivity contribution < 1.29 is 18.7 Å². The smallest absolute Gasteiger partial charge is 0.223 e. The summed E-state index contributed by atoms with van der Waals surface area (Å²) in [5.41, 5.74) is 0.584. The Morgan fingerprint density at radius 2 is 2.09 bits per heavy atom. The number of amides is 2. The van der Waals surface area contributed by atoms with Crippen molar-refractivity contribution >= 4 is 17.5 Å². The number of carbonyl (C=O) groups is 2. The van der Waals surface area contributed by atoms with Gasteiger partial charge in [-0.1, -0.05) is 0 Å². The summed E-state index contributed by atoms with van der Waals surface area (Å²) in [7, 11) is 0. The Balaban J connectivity index is 1.82. The molecule has 1 aromatic rings. The Hall–Kier alpha value is -1.95. The van der Waals surface area contributed by atoms with Gasteiger partial charge >= 0.3 is 0 Å². The van der Waals surface area contributed by atoms with Gasteiger partial charge in [-0.2, -0.15) is 0 Å². The quantitative estimate of drug-likeness (QED) is 0.873. The number of ether oxygens (including phenoxy) is 1. The number of hydrogen-bond acceptors (Lipinski definition) is 3. The van der Waals surface area contributed by atoms with Crippen molar-refractivity contribution in [3.63, 3.8) is 0 Å². The lowest BCUT2D eigenvalue weighted by Crippen LogP contribution is -2.36. The van der Waals surface area contributed by atoms with Crippen LogP contribution in [0.15, 0.2) is 24.3 Å². The van der Waals surface area contributed by atoms with E-state index in [1.807, 2.05) is 0 Å². The summed E-state index contributed by atoms with van der Waals surface area (Å²) < 4.78 is 18.4. The SMILES string of the molecule is CC(=O)N(CCC(=O)NCC1CCCO1)c1ccc(F)cc1. The van der Waals surface area contributed by atoms with Crippen LogP contribution in [0.4, 0.5) is 10.1 Å². The molecule has 1 aliphatic heterocycles. The molecular formula is C16H21FN2O3. The fraction of sp³-hybridized carbons (Fsp3) is 0.500. The fourth-order valence-electron chi connectivity index (χ4n) is 2.42. The van der Waals surface area contributed by atoms with E-state index in [-0.39, 0.29) is 36.7 Å². The summed E-state index contributed by atoms with van der Waals surface area (Å²) in [4.78, 5) is 25.0. The van der Waals surface area contributed by atoms with Gasteiger partial charge < -0.3 is 15.0 Å². The summed E-state index contributed by atoms with van der Waals surface area (Å²) >= 11 is 0. The van der Waals surface area contributed by atoms with E-state index >= 15 is 0 Å². The summed E-state index contributed by atoms with van der Waals surface area (Å²) in [5.74, 6) is -0.663. The molecule has 1 aliphatic rings. The van der Waals surface area contributed by atoms with Gasteiger partial charge in [-0.15, -0.1) is 0 Å². The van der Waals surface area contributed by atoms with Crippen molar-refractivity contribution in [1.29, 1.82) is 0 Å². The zero-order chi connectivity index (χ0) is 15.9. The number of nitrogens with zero attached hydrogens (tertiary/aromatic N) is 1. The molecule has 1 heterocycles. The third-order valence-corrected chi connectivity index (χ3v) is 3.63. The van der Waals surface area contributed by atoms with Gasteiger partial charge in [0.05, 0.1) is 6.10 Å². The molecule has 2 rings (SSSR count). The van der Waals surface area contributed by atoms with Gasteiger partial charge in [-0.3, -0.25) is 9.59 Å². The summed E-state index contributed by atoms with van der Waals surface area (Å²) in [5, 5.41) is 2.82. The van der Waals surface area contributed by atoms with Crippen LogP contribution in [0.25, 0.3) is 0 Å². The minimum atomic E-state index is -0.360. The lowest BCUT2D eigenvalue weighted by molar-refractivity contribution is -0.121. The molecule has 1 unspecified atom stereocenters. The van der Waals surface area contributed by atoms with Crippen LogP contribution < -0.4 is 10.2 Å². The van der Waals surface area contributed by atoms with Gasteiger partial charge in [0, 0.05) is 38.7 Å². The second-order valence-electron chi connectivity index (χ2n) is 5.34. The normalized spacial score (nSPS) is 17.3. The number of carbonyl (C=O) groups excluding carboxylic acids is 2. The molecule has 1 atom stereocenters. The fourth-order valence-corrected chi connectivity index (χ4v) is 2.42. The predicted octanol–water partition coefficient (Wildman–Crippen LogP) is 1.86. The Morgan fingerprint density at radius 1 is 1.36 bits per heavy atom. The number of anilines is 1. The number of rotatable bonds is 6. The maximum absolute atomic E-state index is 12.9. The van der Waals surface area contributed by atoms with Crippen LogP contribution in [0.3, 0.4) is 0 Å². The topological polar surface area (TPSA) is 58.6 Å². The monoisotopic (exact) mass is 308 g/mol. The molecule has 22 heavy (non-hydrogen) atoms. The average Bonchev–Trinajstić information content (AvgIpc) is 3.00. The number of benzene rings is 1. The van der Waals surface area contributed by atoms with E-state index in [9.17, 15) is 14.0 Å². The van der Waals surface area contributed by atoms with E-state index in [1.54, 1.807) is 0 Å². The molecule has 0 aromatic heterocycles. The van der Waals surface area contributed by atoms with Crippen LogP contribution in [0.2, 0.25) is 0 Å². The Kier molecular flexibility index (Phi) is 5.89. The van der Waals surface area contributed by atoms with Gasteiger partial charge in [0.1, 0.15) is 5.82 Å². The van der Waals surface area contributed by atoms with E-state index in [0.29, 0.717) is 12.2 Å². The average molecular weight is 308 g/mol. The highest BCUT2D eigenvalue weighted by Gasteiger charge is 2.17. The first-order valence-electron chi connectivity index (χ1n) is 7.48. The number of halogens is 1. The second-order valence-corrected chi connectivity index (χ2v) is 5.34. The maximum atomic E-state index is 12.9. The minimum Gasteiger partial charge on any atom is -0.376 e. The van der Waals surface area contributed by atoms with Crippen molar-refractivity contribution in [2.75, 3.05) is 24.6 Å². The largest absolute Gasteiger partial charge is 0.376 e. The van der Waals surface area contributed by atoms with Crippen LogP contribution >= 0.6 is 0 Å². The van der Waals surface area contributed by atoms with Crippen LogP contribution in [0.5, 0.6) is 0 Å². The molecule has 0 spiro atoms. The number of nitrogens with one attached hydrogen (secondary N) is 1. The lowest BCUT2D eigenvalue weighted by Gasteiger charge is -2.21. The van der Waals surface area contributed by atoms with Gasteiger partial charge in [-0.05, 0) is 37.1 Å². The van der Waals surface area contributed by atoms with E-state index < -0.39 is 0 Å². The zero-order valence-corrected chi connectivity index (χ0v) is 12.7. The highest BCUT2D eigenvalue weighted by atomic mass is 19.1. The minimum absolute atomic E-state index is 0.102. The molecule has 0 radical (unpaired) electrons. The van der Waals surface area contributed by atoms with E-state index in [0.717, 1.165) is 19.4 Å². The third kappa shape index (κ3) is 4.80. The molecule has 0 bridgehead atoms. The number of hydrogen-bond donors (Lipinski definition) is 1. The highest BCUT2D eigenvalue weighted by Crippen LogP contribution is 2.15. The standard InChI is InChI=1S/C16H21FN2O3/c1-12(20)19(14-6-4-13(17)5-7-14)9-8-16(21)18-11-15-3-2-10-22-15/h4-7,15H,2-3,8-11H2,1H3,(H,18,21).